The van der Waals surface area contributed by atoms with Crippen LogP contribution in [-0.4, -0.2) is 59.8 Å². The van der Waals surface area contributed by atoms with Gasteiger partial charge in [0.1, 0.15) is 5.82 Å². The molecule has 1 aliphatic carbocycles. The van der Waals surface area contributed by atoms with Gasteiger partial charge >= 0.3 is 6.18 Å². The van der Waals surface area contributed by atoms with E-state index in [1.165, 1.54) is 4.90 Å². The van der Waals surface area contributed by atoms with Crippen molar-refractivity contribution < 1.29 is 26.4 Å². The van der Waals surface area contributed by atoms with Gasteiger partial charge in [-0.2, -0.15) is 13.2 Å². The number of fused-ring (bicyclic) bond motifs is 1. The van der Waals surface area contributed by atoms with Gasteiger partial charge in [-0.3, -0.25) is 9.69 Å². The Bertz CT molecular complexity index is 1430. The molecule has 1 aromatic heterocycles. The van der Waals surface area contributed by atoms with E-state index in [0.29, 0.717) is 36.5 Å². The fourth-order valence-electron chi connectivity index (χ4n) is 5.15. The maximum absolute atomic E-state index is 13.1. The maximum atomic E-state index is 13.1. The van der Waals surface area contributed by atoms with Crippen molar-refractivity contribution in [2.75, 3.05) is 18.8 Å². The van der Waals surface area contributed by atoms with Gasteiger partial charge in [-0.25, -0.2) is 13.4 Å². The molecule has 2 aromatic carbocycles. The highest BCUT2D eigenvalue weighted by Gasteiger charge is 2.37. The fourth-order valence-corrected chi connectivity index (χ4v) is 6.04. The van der Waals surface area contributed by atoms with E-state index in [0.717, 1.165) is 36.2 Å². The van der Waals surface area contributed by atoms with Crippen molar-refractivity contribution in [2.24, 2.45) is 0 Å². The molecule has 1 aliphatic heterocycles. The molecular formula is C27H31F3N4O3S. The fraction of sp³-hybridized carbons (Fsp3) is 0.481. The average molecular weight is 549 g/mol. The molecule has 2 aliphatic rings. The number of hydrogen-bond donors (Lipinski definition) is 1. The monoisotopic (exact) mass is 548 g/mol. The van der Waals surface area contributed by atoms with Crippen LogP contribution in [0.1, 0.15) is 60.3 Å². The number of halogens is 3. The van der Waals surface area contributed by atoms with Crippen molar-refractivity contribution in [1.29, 1.82) is 0 Å². The lowest BCUT2D eigenvalue weighted by Crippen LogP contribution is -2.40. The van der Waals surface area contributed by atoms with E-state index in [1.807, 2.05) is 6.07 Å². The zero-order valence-electron chi connectivity index (χ0n) is 21.2. The number of nitrogens with one attached hydrogen (secondary N) is 1. The van der Waals surface area contributed by atoms with Gasteiger partial charge in [0.25, 0.3) is 5.91 Å². The Morgan fingerprint density at radius 1 is 1.11 bits per heavy atom. The van der Waals surface area contributed by atoms with Crippen LogP contribution in [0.25, 0.3) is 11.0 Å². The van der Waals surface area contributed by atoms with Crippen LogP contribution in [0, 0.1) is 0 Å². The van der Waals surface area contributed by atoms with Crippen LogP contribution in [0.2, 0.25) is 0 Å². The first kappa shape index (κ1) is 26.7. The number of sulfone groups is 1. The minimum Gasteiger partial charge on any atom is -0.348 e. The summed E-state index contributed by atoms with van der Waals surface area (Å²) >= 11 is 0. The number of amides is 1. The SMILES string of the molecule is CCS(=O)(=O)c1ccc(CNC(=O)c2ccc3c(c2)nc(C2CC2)n3CC2CCCN2CC(F)(F)F)cc1. The Morgan fingerprint density at radius 3 is 2.50 bits per heavy atom. The zero-order valence-corrected chi connectivity index (χ0v) is 22.0. The predicted octanol–water partition coefficient (Wildman–Crippen LogP) is 4.66. The van der Waals surface area contributed by atoms with E-state index in [2.05, 4.69) is 9.88 Å². The number of hydrogen-bond acceptors (Lipinski definition) is 5. The zero-order chi connectivity index (χ0) is 27.1. The first-order valence-corrected chi connectivity index (χ1v) is 14.6. The molecule has 3 aromatic rings. The molecule has 1 N–H and O–H groups in total. The third-order valence-electron chi connectivity index (χ3n) is 7.37. The van der Waals surface area contributed by atoms with Crippen molar-refractivity contribution in [1.82, 2.24) is 19.8 Å². The lowest BCUT2D eigenvalue weighted by atomic mass is 10.1. The summed E-state index contributed by atoms with van der Waals surface area (Å²) < 4.78 is 65.3. The summed E-state index contributed by atoms with van der Waals surface area (Å²) in [5.41, 5.74) is 2.70. The third-order valence-corrected chi connectivity index (χ3v) is 9.12. The molecule has 0 spiro atoms. The highest BCUT2D eigenvalue weighted by atomic mass is 32.2. The first-order valence-electron chi connectivity index (χ1n) is 12.9. The van der Waals surface area contributed by atoms with E-state index in [4.69, 9.17) is 4.98 Å². The van der Waals surface area contributed by atoms with Crippen LogP contribution in [0.3, 0.4) is 0 Å². The normalized spacial score (nSPS) is 18.8. The molecule has 38 heavy (non-hydrogen) atoms. The molecule has 204 valence electrons. The first-order chi connectivity index (χ1) is 18.0. The van der Waals surface area contributed by atoms with Gasteiger partial charge < -0.3 is 9.88 Å². The molecular weight excluding hydrogens is 517 g/mol. The van der Waals surface area contributed by atoms with Gasteiger partial charge in [-0.15, -0.1) is 0 Å². The molecule has 1 unspecified atom stereocenters. The molecule has 1 saturated heterocycles. The Balaban J connectivity index is 1.31. The summed E-state index contributed by atoms with van der Waals surface area (Å²) in [7, 11) is -3.28. The van der Waals surface area contributed by atoms with Gasteiger partial charge in [0.2, 0.25) is 0 Å². The van der Waals surface area contributed by atoms with E-state index in [-0.39, 0.29) is 29.1 Å². The van der Waals surface area contributed by atoms with Crippen LogP contribution in [-0.2, 0) is 22.9 Å². The van der Waals surface area contributed by atoms with Crippen LogP contribution in [0.4, 0.5) is 13.2 Å². The van der Waals surface area contributed by atoms with E-state index in [9.17, 15) is 26.4 Å². The molecule has 1 saturated carbocycles. The topological polar surface area (TPSA) is 84.3 Å². The van der Waals surface area contributed by atoms with E-state index < -0.39 is 22.6 Å². The van der Waals surface area contributed by atoms with Crippen molar-refractivity contribution in [3.05, 3.63) is 59.4 Å². The third kappa shape index (κ3) is 5.88. The summed E-state index contributed by atoms with van der Waals surface area (Å²) in [5.74, 6) is 0.929. The average Bonchev–Trinajstić information content (AvgIpc) is 3.55. The molecule has 0 bridgehead atoms. The standard InChI is InChI=1S/C27H31F3N4O3S/c1-2-38(36,37)22-10-5-18(6-11-22)15-31-26(35)20-9-12-24-23(14-20)32-25(19-7-8-19)34(24)16-21-4-3-13-33(21)17-27(28,29)30/h5-6,9-12,14,19,21H,2-4,7-8,13,15-17H2,1H3,(H,31,35). The lowest BCUT2D eigenvalue weighted by molar-refractivity contribution is -0.148. The molecule has 2 heterocycles. The molecule has 1 amide bonds. The van der Waals surface area contributed by atoms with Crippen LogP contribution in [0.15, 0.2) is 47.4 Å². The quantitative estimate of drug-likeness (QED) is 0.421. The number of nitrogens with zero attached hydrogens (tertiary/aromatic N) is 3. The maximum Gasteiger partial charge on any atom is 0.401 e. The molecule has 2 fully saturated rings. The smallest absolute Gasteiger partial charge is 0.348 e. The Hall–Kier alpha value is -2.92. The predicted molar refractivity (Wildman–Crippen MR) is 138 cm³/mol. The lowest BCUT2D eigenvalue weighted by Gasteiger charge is -2.26. The van der Waals surface area contributed by atoms with E-state index >= 15 is 0 Å². The number of carbonyl (C=O) groups excluding carboxylic acids is 1. The molecule has 7 nitrogen and oxygen atoms in total. The number of alkyl halides is 3. The molecule has 1 atom stereocenters. The number of imidazole rings is 1. The number of carbonyl (C=O) groups is 1. The highest BCUT2D eigenvalue weighted by Crippen LogP contribution is 2.41. The van der Waals surface area contributed by atoms with Gasteiger partial charge in [-0.05, 0) is 68.1 Å². The van der Waals surface area contributed by atoms with Crippen LogP contribution in [0.5, 0.6) is 0 Å². The molecule has 11 heteroatoms. The van der Waals surface area contributed by atoms with E-state index in [1.54, 1.807) is 43.3 Å². The van der Waals surface area contributed by atoms with Crippen molar-refractivity contribution in [3.8, 4) is 0 Å². The second kappa shape index (κ2) is 10.3. The second-order valence-electron chi connectivity index (χ2n) is 10.2. The summed E-state index contributed by atoms with van der Waals surface area (Å²) in [6, 6.07) is 11.5. The van der Waals surface area contributed by atoms with Gasteiger partial charge in [0, 0.05) is 30.6 Å². The van der Waals surface area contributed by atoms with Crippen molar-refractivity contribution in [3.63, 3.8) is 0 Å². The Morgan fingerprint density at radius 2 is 1.84 bits per heavy atom. The molecule has 0 radical (unpaired) electrons. The Labute approximate surface area is 219 Å². The van der Waals surface area contributed by atoms with Crippen LogP contribution >= 0.6 is 0 Å². The van der Waals surface area contributed by atoms with Gasteiger partial charge in [0.15, 0.2) is 9.84 Å². The molecule has 5 rings (SSSR count). The van der Waals surface area contributed by atoms with Crippen LogP contribution < -0.4 is 5.32 Å². The van der Waals surface area contributed by atoms with Gasteiger partial charge in [0.05, 0.1) is 28.2 Å². The number of aromatic nitrogens is 2. The number of rotatable bonds is 9. The number of benzene rings is 2. The minimum atomic E-state index is -4.23. The summed E-state index contributed by atoms with van der Waals surface area (Å²) in [5, 5.41) is 2.86. The second-order valence-corrected chi connectivity index (χ2v) is 12.4. The summed E-state index contributed by atoms with van der Waals surface area (Å²) in [6.45, 7) is 1.82. The minimum absolute atomic E-state index is 0.0241. The van der Waals surface area contributed by atoms with Gasteiger partial charge in [-0.1, -0.05) is 19.1 Å². The van der Waals surface area contributed by atoms with Crippen molar-refractivity contribution in [2.45, 2.75) is 68.7 Å². The van der Waals surface area contributed by atoms with Crippen molar-refractivity contribution >= 4 is 26.8 Å². The highest BCUT2D eigenvalue weighted by molar-refractivity contribution is 7.91. The Kier molecular flexibility index (Phi) is 7.25. The summed E-state index contributed by atoms with van der Waals surface area (Å²) in [6.07, 6.45) is -0.756. The largest absolute Gasteiger partial charge is 0.401 e. The number of likely N-dealkylation sites (tertiary alicyclic amines) is 1. The summed E-state index contributed by atoms with van der Waals surface area (Å²) in [4.78, 5) is 19.4.